The molecule has 1 fully saturated rings. The second-order valence-corrected chi connectivity index (χ2v) is 6.69. The van der Waals surface area contributed by atoms with Crippen LogP contribution in [0.2, 0.25) is 0 Å². The Hall–Kier alpha value is -1.99. The van der Waals surface area contributed by atoms with Crippen molar-refractivity contribution in [3.05, 3.63) is 12.7 Å². The topological polar surface area (TPSA) is 183 Å². The summed E-state index contributed by atoms with van der Waals surface area (Å²) in [5.74, 6) is -0.452. The van der Waals surface area contributed by atoms with E-state index in [-0.39, 0.29) is 17.3 Å². The first-order chi connectivity index (χ1) is 11.9. The van der Waals surface area contributed by atoms with Gasteiger partial charge >= 0.3 is 5.97 Å². The summed E-state index contributed by atoms with van der Waals surface area (Å²) in [6.45, 7) is 0. The third kappa shape index (κ3) is 3.39. The van der Waals surface area contributed by atoms with Crippen LogP contribution in [-0.2, 0) is 9.53 Å². The van der Waals surface area contributed by atoms with E-state index < -0.39 is 36.6 Å². The molecule has 7 N–H and O–H groups in total. The predicted molar refractivity (Wildman–Crippen MR) is 88.6 cm³/mol. The number of ether oxygens (including phenoxy) is 1. The van der Waals surface area contributed by atoms with Gasteiger partial charge < -0.3 is 31.5 Å². The molecule has 11 nitrogen and oxygen atoms in total. The Bertz CT molecular complexity index is 772. The van der Waals surface area contributed by atoms with Crippen molar-refractivity contribution in [3.8, 4) is 0 Å². The number of hydrogen-bond donors (Lipinski definition) is 5. The van der Waals surface area contributed by atoms with Gasteiger partial charge in [-0.25, -0.2) is 15.0 Å². The highest BCUT2D eigenvalue weighted by Crippen LogP contribution is 2.33. The first kappa shape index (κ1) is 17.8. The average molecular weight is 370 g/mol. The summed E-state index contributed by atoms with van der Waals surface area (Å²) in [5, 5.41) is 29.3. The van der Waals surface area contributed by atoms with Crippen molar-refractivity contribution in [2.24, 2.45) is 5.73 Å². The van der Waals surface area contributed by atoms with Crippen molar-refractivity contribution in [2.45, 2.75) is 30.6 Å². The number of aliphatic hydroxyl groups is 2. The van der Waals surface area contributed by atoms with Crippen LogP contribution in [0, 0.1) is 0 Å². The van der Waals surface area contributed by atoms with Crippen LogP contribution in [0.15, 0.2) is 12.7 Å². The molecule has 0 amide bonds. The van der Waals surface area contributed by atoms with Crippen LogP contribution < -0.4 is 11.5 Å². The van der Waals surface area contributed by atoms with Crippen molar-refractivity contribution < 1.29 is 24.9 Å². The zero-order chi connectivity index (χ0) is 18.1. The lowest BCUT2D eigenvalue weighted by molar-refractivity contribution is -0.137. The van der Waals surface area contributed by atoms with Crippen molar-refractivity contribution in [3.63, 3.8) is 0 Å². The first-order valence-corrected chi connectivity index (χ1v) is 8.56. The SMILES string of the molecule is Nc1ncnc2c1ncn2[C@@H]1O[C@H](CSC[C@H](N)C(=O)O)[C@H](O)[C@@H]1O. The van der Waals surface area contributed by atoms with Gasteiger partial charge in [0, 0.05) is 11.5 Å². The Labute approximate surface area is 146 Å². The summed E-state index contributed by atoms with van der Waals surface area (Å²) in [5.41, 5.74) is 11.9. The minimum Gasteiger partial charge on any atom is -0.480 e. The molecule has 25 heavy (non-hydrogen) atoms. The number of carboxylic acid groups (broad SMARTS) is 1. The Morgan fingerprint density at radius 3 is 2.84 bits per heavy atom. The standard InChI is InChI=1S/C13H18N6O5S/c14-5(13(22)23)1-25-2-6-8(20)9(21)12(24-6)19-4-18-7-10(15)16-3-17-11(7)19/h3-6,8-9,12,20-21H,1-2,14H2,(H,22,23)(H2,15,16,17)/t5-,6+,8-,9-,12+/m0/s1. The van der Waals surface area contributed by atoms with Crippen molar-refractivity contribution >= 4 is 34.7 Å². The summed E-state index contributed by atoms with van der Waals surface area (Å²) < 4.78 is 7.21. The fourth-order valence-electron chi connectivity index (χ4n) is 2.54. The number of rotatable bonds is 6. The molecule has 3 heterocycles. The highest BCUT2D eigenvalue weighted by Gasteiger charge is 2.44. The Morgan fingerprint density at radius 1 is 1.36 bits per heavy atom. The summed E-state index contributed by atoms with van der Waals surface area (Å²) in [7, 11) is 0. The summed E-state index contributed by atoms with van der Waals surface area (Å²) >= 11 is 1.23. The van der Waals surface area contributed by atoms with Gasteiger partial charge in [0.2, 0.25) is 0 Å². The molecule has 0 spiro atoms. The van der Waals surface area contributed by atoms with Gasteiger partial charge in [0.25, 0.3) is 0 Å². The number of aliphatic hydroxyl groups excluding tert-OH is 2. The lowest BCUT2D eigenvalue weighted by Crippen LogP contribution is -2.35. The van der Waals surface area contributed by atoms with Gasteiger partial charge in [0.05, 0.1) is 12.4 Å². The number of carbonyl (C=O) groups is 1. The molecular formula is C13H18N6O5S. The van der Waals surface area contributed by atoms with Crippen LogP contribution in [-0.4, -0.2) is 76.7 Å². The average Bonchev–Trinajstić information content (AvgIpc) is 3.12. The van der Waals surface area contributed by atoms with Crippen LogP contribution >= 0.6 is 11.8 Å². The maximum absolute atomic E-state index is 10.7. The smallest absolute Gasteiger partial charge is 0.321 e. The number of anilines is 1. The number of nitrogen functional groups attached to an aromatic ring is 1. The molecule has 0 aromatic carbocycles. The Balaban J connectivity index is 1.71. The van der Waals surface area contributed by atoms with Gasteiger partial charge in [-0.05, 0) is 0 Å². The molecule has 0 saturated carbocycles. The van der Waals surface area contributed by atoms with E-state index in [2.05, 4.69) is 15.0 Å². The minimum atomic E-state index is -1.20. The lowest BCUT2D eigenvalue weighted by atomic mass is 10.1. The van der Waals surface area contributed by atoms with Crippen molar-refractivity contribution in [1.29, 1.82) is 0 Å². The maximum Gasteiger partial charge on any atom is 0.321 e. The highest BCUT2D eigenvalue weighted by molar-refractivity contribution is 7.99. The molecule has 0 unspecified atom stereocenters. The van der Waals surface area contributed by atoms with E-state index in [1.807, 2.05) is 0 Å². The van der Waals surface area contributed by atoms with Crippen LogP contribution in [0.25, 0.3) is 11.2 Å². The van der Waals surface area contributed by atoms with Gasteiger partial charge in [0.1, 0.15) is 30.1 Å². The molecule has 0 bridgehead atoms. The summed E-state index contributed by atoms with van der Waals surface area (Å²) in [6.07, 6.45) is -1.25. The fourth-order valence-corrected chi connectivity index (χ4v) is 3.58. The fraction of sp³-hybridized carbons (Fsp3) is 0.538. The molecule has 0 radical (unpaired) electrons. The van der Waals surface area contributed by atoms with E-state index in [1.54, 1.807) is 0 Å². The normalized spacial score (nSPS) is 27.6. The van der Waals surface area contributed by atoms with Gasteiger partial charge in [-0.1, -0.05) is 0 Å². The van der Waals surface area contributed by atoms with E-state index in [1.165, 1.54) is 29.0 Å². The Morgan fingerprint density at radius 2 is 2.12 bits per heavy atom. The van der Waals surface area contributed by atoms with Gasteiger partial charge in [-0.15, -0.1) is 0 Å². The summed E-state index contributed by atoms with van der Waals surface area (Å²) in [4.78, 5) is 22.7. The van der Waals surface area contributed by atoms with Crippen LogP contribution in [0.4, 0.5) is 5.82 Å². The van der Waals surface area contributed by atoms with Crippen LogP contribution in [0.1, 0.15) is 6.23 Å². The number of nitrogens with zero attached hydrogens (tertiary/aromatic N) is 4. The zero-order valence-corrected chi connectivity index (χ0v) is 13.8. The van der Waals surface area contributed by atoms with Crippen LogP contribution in [0.5, 0.6) is 0 Å². The van der Waals surface area contributed by atoms with E-state index in [0.717, 1.165) is 0 Å². The molecule has 3 rings (SSSR count). The minimum absolute atomic E-state index is 0.167. The molecule has 1 aliphatic rings. The van der Waals surface area contributed by atoms with E-state index in [9.17, 15) is 15.0 Å². The quantitative estimate of drug-likeness (QED) is 0.385. The molecule has 1 saturated heterocycles. The number of nitrogens with two attached hydrogens (primary N) is 2. The van der Waals surface area contributed by atoms with Crippen LogP contribution in [0.3, 0.4) is 0 Å². The summed E-state index contributed by atoms with van der Waals surface area (Å²) in [6, 6.07) is -0.999. The van der Waals surface area contributed by atoms with Crippen molar-refractivity contribution in [2.75, 3.05) is 17.2 Å². The molecule has 0 aliphatic carbocycles. The van der Waals surface area contributed by atoms with Crippen molar-refractivity contribution in [1.82, 2.24) is 19.5 Å². The lowest BCUT2D eigenvalue weighted by Gasteiger charge is -2.16. The number of fused-ring (bicyclic) bond motifs is 1. The van der Waals surface area contributed by atoms with E-state index >= 15 is 0 Å². The third-order valence-corrected chi connectivity index (χ3v) is 5.05. The predicted octanol–water partition coefficient (Wildman–Crippen LogP) is -1.83. The maximum atomic E-state index is 10.7. The number of carboxylic acids is 1. The Kier molecular flexibility index (Phi) is 5.06. The number of thioether (sulfide) groups is 1. The van der Waals surface area contributed by atoms with E-state index in [0.29, 0.717) is 11.2 Å². The van der Waals surface area contributed by atoms with Gasteiger partial charge in [0.15, 0.2) is 17.7 Å². The zero-order valence-electron chi connectivity index (χ0n) is 13.0. The molecule has 2 aromatic rings. The molecule has 1 aliphatic heterocycles. The molecule has 136 valence electrons. The monoisotopic (exact) mass is 370 g/mol. The third-order valence-electron chi connectivity index (χ3n) is 3.90. The molecule has 2 aromatic heterocycles. The number of aromatic nitrogens is 4. The second kappa shape index (κ2) is 7.09. The highest BCUT2D eigenvalue weighted by atomic mass is 32.2. The second-order valence-electron chi connectivity index (χ2n) is 5.61. The molecule has 12 heteroatoms. The largest absolute Gasteiger partial charge is 0.480 e. The number of aliphatic carboxylic acids is 1. The van der Waals surface area contributed by atoms with Gasteiger partial charge in [-0.3, -0.25) is 9.36 Å². The first-order valence-electron chi connectivity index (χ1n) is 7.41. The number of imidazole rings is 1. The van der Waals surface area contributed by atoms with E-state index in [4.69, 9.17) is 21.3 Å². The molecule has 5 atom stereocenters. The molecular weight excluding hydrogens is 352 g/mol. The van der Waals surface area contributed by atoms with Gasteiger partial charge in [-0.2, -0.15) is 11.8 Å². The number of hydrogen-bond acceptors (Lipinski definition) is 10.